The Kier molecular flexibility index (Phi) is 3.57. The van der Waals surface area contributed by atoms with Crippen LogP contribution in [0.2, 0.25) is 0 Å². The zero-order valence-corrected chi connectivity index (χ0v) is 10.6. The highest BCUT2D eigenvalue weighted by Gasteiger charge is 2.45. The Morgan fingerprint density at radius 2 is 2.10 bits per heavy atom. The summed E-state index contributed by atoms with van der Waals surface area (Å²) >= 11 is 0. The third-order valence-electron chi connectivity index (χ3n) is 2.98. The number of anilines is 1. The molecule has 1 aromatic heterocycles. The van der Waals surface area contributed by atoms with Crippen LogP contribution in [-0.2, 0) is 11.0 Å². The first-order valence-electron chi connectivity index (χ1n) is 5.65. The molecule has 1 N–H and O–H groups in total. The zero-order chi connectivity index (χ0) is 15.1. The second-order valence-electron chi connectivity index (χ2n) is 4.22. The predicted molar refractivity (Wildman–Crippen MR) is 61.4 cm³/mol. The van der Waals surface area contributed by atoms with E-state index in [2.05, 4.69) is 4.98 Å². The van der Waals surface area contributed by atoms with Crippen molar-refractivity contribution in [1.82, 2.24) is 10.0 Å². The van der Waals surface area contributed by atoms with Gasteiger partial charge in [-0.3, -0.25) is 4.84 Å². The first-order chi connectivity index (χ1) is 9.27. The van der Waals surface area contributed by atoms with Crippen LogP contribution < -0.4 is 4.90 Å². The molecule has 0 aliphatic carbocycles. The minimum absolute atomic E-state index is 0.288. The van der Waals surface area contributed by atoms with Crippen LogP contribution in [0.5, 0.6) is 0 Å². The van der Waals surface area contributed by atoms with Crippen molar-refractivity contribution in [3.63, 3.8) is 0 Å². The second kappa shape index (κ2) is 4.91. The lowest BCUT2D eigenvalue weighted by Crippen LogP contribution is -2.36. The molecule has 1 fully saturated rings. The summed E-state index contributed by atoms with van der Waals surface area (Å²) in [6.07, 6.45) is -4.98. The monoisotopic (exact) mass is 291 g/mol. The highest BCUT2D eigenvalue weighted by Crippen LogP contribution is 2.33. The highest BCUT2D eigenvalue weighted by molar-refractivity contribution is 5.93. The van der Waals surface area contributed by atoms with Crippen LogP contribution in [0.4, 0.5) is 23.8 Å². The van der Waals surface area contributed by atoms with Gasteiger partial charge in [0.05, 0.1) is 12.7 Å². The topological polar surface area (TPSA) is 65.9 Å². The number of aliphatic hydroxyl groups excluding tert-OH is 1. The molecule has 0 unspecified atom stereocenters. The lowest BCUT2D eigenvalue weighted by atomic mass is 10.2. The first kappa shape index (κ1) is 14.5. The molecule has 0 spiro atoms. The van der Waals surface area contributed by atoms with Crippen LogP contribution in [0.15, 0.2) is 18.3 Å². The summed E-state index contributed by atoms with van der Waals surface area (Å²) in [4.78, 5) is 21.2. The zero-order valence-electron chi connectivity index (χ0n) is 10.6. The number of halogens is 3. The van der Waals surface area contributed by atoms with Crippen molar-refractivity contribution in [2.45, 2.75) is 25.4 Å². The van der Waals surface area contributed by atoms with Gasteiger partial charge in [0.25, 0.3) is 0 Å². The molecule has 1 aliphatic heterocycles. The molecule has 2 atom stereocenters. The van der Waals surface area contributed by atoms with E-state index in [1.165, 1.54) is 14.0 Å². The fraction of sp³-hybridized carbons (Fsp3) is 0.455. The van der Waals surface area contributed by atoms with Gasteiger partial charge >= 0.3 is 12.2 Å². The van der Waals surface area contributed by atoms with Crippen LogP contribution in [-0.4, -0.2) is 40.6 Å². The molecule has 110 valence electrons. The molecule has 6 nitrogen and oxygen atoms in total. The van der Waals surface area contributed by atoms with Gasteiger partial charge in [0.1, 0.15) is 11.9 Å². The van der Waals surface area contributed by atoms with Crippen molar-refractivity contribution in [2.75, 3.05) is 12.0 Å². The maximum absolute atomic E-state index is 12.6. The lowest BCUT2D eigenvalue weighted by Gasteiger charge is -2.19. The quantitative estimate of drug-likeness (QED) is 0.899. The molecule has 0 saturated carbocycles. The van der Waals surface area contributed by atoms with Crippen molar-refractivity contribution < 1.29 is 27.9 Å². The number of carbonyl (C=O) groups excluding carboxylic acids is 1. The minimum Gasteiger partial charge on any atom is -0.371 e. The van der Waals surface area contributed by atoms with E-state index in [0.717, 1.165) is 22.2 Å². The molecule has 1 aromatic rings. The molecule has 1 saturated heterocycles. The summed E-state index contributed by atoms with van der Waals surface area (Å²) in [6.45, 7) is 1.50. The normalized spacial score (nSPS) is 23.6. The molecule has 0 aromatic carbocycles. The molecular weight excluding hydrogens is 279 g/mol. The van der Waals surface area contributed by atoms with Gasteiger partial charge in [-0.2, -0.15) is 18.2 Å². The van der Waals surface area contributed by atoms with Crippen LogP contribution in [0.1, 0.15) is 12.5 Å². The van der Waals surface area contributed by atoms with Crippen LogP contribution in [0, 0.1) is 0 Å². The Balaban J connectivity index is 2.39. The average Bonchev–Trinajstić information content (AvgIpc) is 2.59. The molecule has 0 radical (unpaired) electrons. The van der Waals surface area contributed by atoms with E-state index in [9.17, 15) is 23.1 Å². The minimum atomic E-state index is -4.56. The van der Waals surface area contributed by atoms with Gasteiger partial charge < -0.3 is 5.11 Å². The number of urea groups is 1. The fourth-order valence-electron chi connectivity index (χ4n) is 1.93. The molecule has 0 bridgehead atoms. The summed E-state index contributed by atoms with van der Waals surface area (Å²) in [5, 5.41) is 10.8. The van der Waals surface area contributed by atoms with Gasteiger partial charge in [-0.05, 0) is 19.1 Å². The summed E-state index contributed by atoms with van der Waals surface area (Å²) in [7, 11) is 1.23. The summed E-state index contributed by atoms with van der Waals surface area (Å²) < 4.78 is 37.9. The summed E-state index contributed by atoms with van der Waals surface area (Å²) in [5.41, 5.74) is -0.953. The number of hydrogen-bond acceptors (Lipinski definition) is 4. The maximum Gasteiger partial charge on any atom is 0.416 e. The van der Waals surface area contributed by atoms with Crippen molar-refractivity contribution in [2.24, 2.45) is 0 Å². The maximum atomic E-state index is 12.6. The SMILES string of the molecule is CON1C(=O)N(c2cc(C(F)(F)F)ccn2)[C@H](O)[C@H]1C. The van der Waals surface area contributed by atoms with Gasteiger partial charge in [-0.1, -0.05) is 0 Å². The number of aliphatic hydroxyl groups is 1. The smallest absolute Gasteiger partial charge is 0.371 e. The number of hydroxylamine groups is 2. The number of rotatable bonds is 2. The van der Waals surface area contributed by atoms with E-state index in [-0.39, 0.29) is 5.82 Å². The van der Waals surface area contributed by atoms with Gasteiger partial charge in [0.2, 0.25) is 0 Å². The number of pyridine rings is 1. The third-order valence-corrected chi connectivity index (χ3v) is 2.98. The number of aromatic nitrogens is 1. The summed E-state index contributed by atoms with van der Waals surface area (Å²) in [5.74, 6) is -0.288. The van der Waals surface area contributed by atoms with E-state index in [0.29, 0.717) is 6.07 Å². The summed E-state index contributed by atoms with van der Waals surface area (Å²) in [6, 6.07) is -0.0239. The van der Waals surface area contributed by atoms with Crippen LogP contribution >= 0.6 is 0 Å². The van der Waals surface area contributed by atoms with E-state index in [4.69, 9.17) is 4.84 Å². The van der Waals surface area contributed by atoms with Gasteiger partial charge in [0.15, 0.2) is 6.23 Å². The van der Waals surface area contributed by atoms with Crippen molar-refractivity contribution in [3.8, 4) is 0 Å². The van der Waals surface area contributed by atoms with Gasteiger partial charge in [0, 0.05) is 6.20 Å². The molecular formula is C11H12F3N3O3. The molecule has 9 heteroatoms. The second-order valence-corrected chi connectivity index (χ2v) is 4.22. The number of hydrogen-bond donors (Lipinski definition) is 1. The Labute approximate surface area is 112 Å². The largest absolute Gasteiger partial charge is 0.416 e. The van der Waals surface area contributed by atoms with Crippen LogP contribution in [0.3, 0.4) is 0 Å². The standard InChI is InChI=1S/C11H12F3N3O3/c1-6-9(18)16(10(19)17(6)20-2)8-5-7(3-4-15-8)11(12,13)14/h3-6,9,18H,1-2H3/t6-,9-/m1/s1. The third kappa shape index (κ3) is 2.29. The fourth-order valence-corrected chi connectivity index (χ4v) is 1.93. The molecule has 2 rings (SSSR count). The van der Waals surface area contributed by atoms with E-state index in [1.54, 1.807) is 0 Å². The number of carbonyl (C=O) groups is 1. The van der Waals surface area contributed by atoms with Crippen molar-refractivity contribution in [3.05, 3.63) is 23.9 Å². The van der Waals surface area contributed by atoms with Crippen molar-refractivity contribution >= 4 is 11.8 Å². The molecule has 1 aliphatic rings. The van der Waals surface area contributed by atoms with E-state index < -0.39 is 30.0 Å². The Morgan fingerprint density at radius 1 is 1.45 bits per heavy atom. The van der Waals surface area contributed by atoms with Gasteiger partial charge in [-0.25, -0.2) is 14.7 Å². The molecule has 2 amide bonds. The van der Waals surface area contributed by atoms with E-state index in [1.807, 2.05) is 0 Å². The number of nitrogens with zero attached hydrogens (tertiary/aromatic N) is 3. The Bertz CT molecular complexity index is 523. The molecule has 20 heavy (non-hydrogen) atoms. The van der Waals surface area contributed by atoms with Crippen LogP contribution in [0.25, 0.3) is 0 Å². The van der Waals surface area contributed by atoms with E-state index >= 15 is 0 Å². The first-order valence-corrected chi connectivity index (χ1v) is 5.65. The lowest BCUT2D eigenvalue weighted by molar-refractivity contribution is -0.137. The predicted octanol–water partition coefficient (Wildman–Crippen LogP) is 1.61. The molecule has 2 heterocycles. The number of amides is 2. The average molecular weight is 291 g/mol. The highest BCUT2D eigenvalue weighted by atomic mass is 19.4. The Morgan fingerprint density at radius 3 is 2.60 bits per heavy atom. The Hall–Kier alpha value is -1.87. The van der Waals surface area contributed by atoms with Gasteiger partial charge in [-0.15, -0.1) is 0 Å². The van der Waals surface area contributed by atoms with Crippen molar-refractivity contribution in [1.29, 1.82) is 0 Å². The number of alkyl halides is 3.